The monoisotopic (exact) mass is 429 g/mol. The first-order valence-corrected chi connectivity index (χ1v) is 10.3. The summed E-state index contributed by atoms with van der Waals surface area (Å²) in [4.78, 5) is 25.3. The molecule has 0 N–H and O–H groups in total. The lowest BCUT2D eigenvalue weighted by Crippen LogP contribution is -2.08. The Morgan fingerprint density at radius 1 is 0.875 bits per heavy atom. The molecule has 0 aliphatic heterocycles. The van der Waals surface area contributed by atoms with E-state index in [0.29, 0.717) is 22.3 Å². The number of nitrogens with zero attached hydrogens (tertiary/aromatic N) is 1. The van der Waals surface area contributed by atoms with Crippen molar-refractivity contribution in [3.63, 3.8) is 0 Å². The molecular formula is C26H23NO5. The van der Waals surface area contributed by atoms with E-state index < -0.39 is 11.9 Å². The molecule has 0 spiro atoms. The van der Waals surface area contributed by atoms with Gasteiger partial charge < -0.3 is 18.8 Å². The highest BCUT2D eigenvalue weighted by Crippen LogP contribution is 2.33. The van der Waals surface area contributed by atoms with Gasteiger partial charge in [-0.25, -0.2) is 9.59 Å². The van der Waals surface area contributed by atoms with Crippen LogP contribution in [0.2, 0.25) is 0 Å². The molecule has 32 heavy (non-hydrogen) atoms. The predicted molar refractivity (Wildman–Crippen MR) is 122 cm³/mol. The molecule has 0 aliphatic carbocycles. The Balaban J connectivity index is 1.82. The third-order valence-electron chi connectivity index (χ3n) is 5.21. The average Bonchev–Trinajstić information content (AvgIpc) is 3.11. The standard InChI is InChI=1S/C26H23NO5/c1-4-31-26(29)24-17(2)27(19-10-12-20(30-3)13-11-19)23-15-14-21(16-22(23)24)32-25(28)18-8-6-5-7-9-18/h5-16H,4H2,1-3H3. The highest BCUT2D eigenvalue weighted by molar-refractivity contribution is 6.07. The second kappa shape index (κ2) is 8.98. The number of benzene rings is 3. The summed E-state index contributed by atoms with van der Waals surface area (Å²) in [6.07, 6.45) is 0. The number of rotatable bonds is 6. The molecule has 4 aromatic rings. The van der Waals surface area contributed by atoms with Crippen LogP contribution < -0.4 is 9.47 Å². The van der Waals surface area contributed by atoms with E-state index in [1.807, 2.05) is 47.9 Å². The fourth-order valence-corrected chi connectivity index (χ4v) is 3.73. The topological polar surface area (TPSA) is 66.8 Å². The van der Waals surface area contributed by atoms with Crippen LogP contribution >= 0.6 is 0 Å². The van der Waals surface area contributed by atoms with Crippen LogP contribution in [-0.4, -0.2) is 30.2 Å². The zero-order valence-corrected chi connectivity index (χ0v) is 18.1. The molecule has 1 heterocycles. The summed E-state index contributed by atoms with van der Waals surface area (Å²) >= 11 is 0. The highest BCUT2D eigenvalue weighted by Gasteiger charge is 2.23. The van der Waals surface area contributed by atoms with Crippen molar-refractivity contribution in [2.24, 2.45) is 0 Å². The predicted octanol–water partition coefficient (Wildman–Crippen LogP) is 5.34. The molecule has 0 saturated heterocycles. The van der Waals surface area contributed by atoms with Crippen LogP contribution in [0, 0.1) is 6.92 Å². The van der Waals surface area contributed by atoms with Crippen LogP contribution in [-0.2, 0) is 4.74 Å². The Morgan fingerprint density at radius 2 is 1.56 bits per heavy atom. The molecule has 162 valence electrons. The van der Waals surface area contributed by atoms with Crippen LogP contribution in [0.1, 0.15) is 33.3 Å². The van der Waals surface area contributed by atoms with Crippen molar-refractivity contribution >= 4 is 22.8 Å². The van der Waals surface area contributed by atoms with Gasteiger partial charge in [0.2, 0.25) is 0 Å². The van der Waals surface area contributed by atoms with Gasteiger partial charge in [0, 0.05) is 16.8 Å². The van der Waals surface area contributed by atoms with Crippen molar-refractivity contribution in [1.82, 2.24) is 4.57 Å². The maximum Gasteiger partial charge on any atom is 0.343 e. The number of hydrogen-bond acceptors (Lipinski definition) is 5. The van der Waals surface area contributed by atoms with Gasteiger partial charge >= 0.3 is 11.9 Å². The second-order valence-electron chi connectivity index (χ2n) is 7.15. The summed E-state index contributed by atoms with van der Waals surface area (Å²) in [7, 11) is 1.61. The molecular weight excluding hydrogens is 406 g/mol. The van der Waals surface area contributed by atoms with Crippen LogP contribution in [0.3, 0.4) is 0 Å². The van der Waals surface area contributed by atoms with Gasteiger partial charge in [0.25, 0.3) is 0 Å². The summed E-state index contributed by atoms with van der Waals surface area (Å²) < 4.78 is 18.1. The Hall–Kier alpha value is -4.06. The summed E-state index contributed by atoms with van der Waals surface area (Å²) in [5.41, 5.74) is 3.30. The normalized spacial score (nSPS) is 10.7. The van der Waals surface area contributed by atoms with E-state index in [2.05, 4.69) is 0 Å². The molecule has 6 heteroatoms. The first-order valence-electron chi connectivity index (χ1n) is 10.3. The minimum Gasteiger partial charge on any atom is -0.497 e. The first kappa shape index (κ1) is 21.2. The summed E-state index contributed by atoms with van der Waals surface area (Å²) in [6, 6.07) is 21.6. The van der Waals surface area contributed by atoms with E-state index in [9.17, 15) is 9.59 Å². The minimum atomic E-state index is -0.464. The summed E-state index contributed by atoms with van der Waals surface area (Å²) in [5, 5.41) is 0.648. The maximum atomic E-state index is 12.8. The van der Waals surface area contributed by atoms with Gasteiger partial charge in [0.1, 0.15) is 11.5 Å². The van der Waals surface area contributed by atoms with E-state index in [-0.39, 0.29) is 6.61 Å². The van der Waals surface area contributed by atoms with Crippen LogP contribution in [0.4, 0.5) is 0 Å². The molecule has 0 atom stereocenters. The minimum absolute atomic E-state index is 0.260. The number of esters is 2. The number of ether oxygens (including phenoxy) is 3. The number of methoxy groups -OCH3 is 1. The van der Waals surface area contributed by atoms with Crippen molar-refractivity contribution < 1.29 is 23.8 Å². The van der Waals surface area contributed by atoms with E-state index in [4.69, 9.17) is 14.2 Å². The van der Waals surface area contributed by atoms with E-state index in [1.165, 1.54) is 0 Å². The molecule has 0 saturated carbocycles. The van der Waals surface area contributed by atoms with Crippen molar-refractivity contribution in [2.45, 2.75) is 13.8 Å². The smallest absolute Gasteiger partial charge is 0.343 e. The van der Waals surface area contributed by atoms with Gasteiger partial charge in [-0.05, 0) is 68.4 Å². The fourth-order valence-electron chi connectivity index (χ4n) is 3.73. The van der Waals surface area contributed by atoms with Crippen molar-refractivity contribution in [3.8, 4) is 17.2 Å². The fraction of sp³-hybridized carbons (Fsp3) is 0.154. The van der Waals surface area contributed by atoms with Crippen LogP contribution in [0.5, 0.6) is 11.5 Å². The Labute approximate surface area is 185 Å². The maximum absolute atomic E-state index is 12.8. The van der Waals surface area contributed by atoms with E-state index in [1.54, 1.807) is 50.4 Å². The lowest BCUT2D eigenvalue weighted by molar-refractivity contribution is 0.0527. The van der Waals surface area contributed by atoms with Crippen molar-refractivity contribution in [1.29, 1.82) is 0 Å². The lowest BCUT2D eigenvalue weighted by Gasteiger charge is -2.10. The molecule has 1 aromatic heterocycles. The van der Waals surface area contributed by atoms with Crippen LogP contribution in [0.25, 0.3) is 16.6 Å². The summed E-state index contributed by atoms with van der Waals surface area (Å²) in [6.45, 7) is 3.89. The molecule has 0 unspecified atom stereocenters. The van der Waals surface area contributed by atoms with E-state index >= 15 is 0 Å². The molecule has 0 aliphatic rings. The zero-order valence-electron chi connectivity index (χ0n) is 18.1. The zero-order chi connectivity index (χ0) is 22.7. The molecule has 6 nitrogen and oxygen atoms in total. The number of aromatic nitrogens is 1. The lowest BCUT2D eigenvalue weighted by atomic mass is 10.1. The molecule has 4 rings (SSSR count). The highest BCUT2D eigenvalue weighted by atomic mass is 16.5. The van der Waals surface area contributed by atoms with Crippen LogP contribution in [0.15, 0.2) is 72.8 Å². The molecule has 0 fully saturated rings. The number of fused-ring (bicyclic) bond motifs is 1. The number of hydrogen-bond donors (Lipinski definition) is 0. The first-order chi connectivity index (χ1) is 15.5. The third kappa shape index (κ3) is 3.95. The second-order valence-corrected chi connectivity index (χ2v) is 7.15. The van der Waals surface area contributed by atoms with Gasteiger partial charge in [-0.2, -0.15) is 0 Å². The average molecular weight is 429 g/mol. The third-order valence-corrected chi connectivity index (χ3v) is 5.21. The van der Waals surface area contributed by atoms with Gasteiger partial charge in [-0.1, -0.05) is 18.2 Å². The van der Waals surface area contributed by atoms with Gasteiger partial charge in [0.15, 0.2) is 0 Å². The van der Waals surface area contributed by atoms with Gasteiger partial charge in [-0.15, -0.1) is 0 Å². The Kier molecular flexibility index (Phi) is 5.94. The van der Waals surface area contributed by atoms with Crippen molar-refractivity contribution in [3.05, 3.63) is 89.6 Å². The largest absolute Gasteiger partial charge is 0.497 e. The molecule has 0 bridgehead atoms. The molecule has 0 amide bonds. The SMILES string of the molecule is CCOC(=O)c1c(C)n(-c2ccc(OC)cc2)c2ccc(OC(=O)c3ccccc3)cc12. The number of carbonyl (C=O) groups is 2. The Bertz CT molecular complexity index is 1270. The quantitative estimate of drug-likeness (QED) is 0.306. The van der Waals surface area contributed by atoms with Gasteiger partial charge in [0.05, 0.1) is 30.4 Å². The number of carbonyl (C=O) groups excluding carboxylic acids is 2. The van der Waals surface area contributed by atoms with Gasteiger partial charge in [-0.3, -0.25) is 0 Å². The Morgan fingerprint density at radius 3 is 2.22 bits per heavy atom. The summed E-state index contributed by atoms with van der Waals surface area (Å²) in [5.74, 6) is 0.204. The molecule has 3 aromatic carbocycles. The van der Waals surface area contributed by atoms with E-state index in [0.717, 1.165) is 22.6 Å². The van der Waals surface area contributed by atoms with Crippen molar-refractivity contribution in [2.75, 3.05) is 13.7 Å². The molecule has 0 radical (unpaired) electrons.